The molecule has 0 saturated heterocycles. The van der Waals surface area contributed by atoms with Gasteiger partial charge in [0.05, 0.1) is 5.92 Å². The standard InChI is InChI=1S/C16H16O2/c1-17-16-14(12-7-3-2-4-8-12)11-13-9-5-6-10-15(13)18-16/h2-10,14,16H,11H2,1H3. The highest BCUT2D eigenvalue weighted by molar-refractivity contribution is 5.38. The van der Waals surface area contributed by atoms with Gasteiger partial charge in [0, 0.05) is 7.11 Å². The summed E-state index contributed by atoms with van der Waals surface area (Å²) >= 11 is 0. The summed E-state index contributed by atoms with van der Waals surface area (Å²) < 4.78 is 11.4. The van der Waals surface area contributed by atoms with E-state index in [0.717, 1.165) is 12.2 Å². The van der Waals surface area contributed by atoms with Gasteiger partial charge in [-0.2, -0.15) is 0 Å². The van der Waals surface area contributed by atoms with E-state index < -0.39 is 0 Å². The van der Waals surface area contributed by atoms with Gasteiger partial charge in [-0.05, 0) is 23.6 Å². The zero-order valence-electron chi connectivity index (χ0n) is 10.4. The Morgan fingerprint density at radius 3 is 2.50 bits per heavy atom. The summed E-state index contributed by atoms with van der Waals surface area (Å²) in [5.41, 5.74) is 2.51. The van der Waals surface area contributed by atoms with E-state index in [0.29, 0.717) is 0 Å². The quantitative estimate of drug-likeness (QED) is 0.801. The fourth-order valence-corrected chi connectivity index (χ4v) is 2.52. The molecule has 0 N–H and O–H groups in total. The number of para-hydroxylation sites is 1. The van der Waals surface area contributed by atoms with Crippen molar-refractivity contribution in [2.45, 2.75) is 18.6 Å². The lowest BCUT2D eigenvalue weighted by Gasteiger charge is -2.32. The van der Waals surface area contributed by atoms with Crippen LogP contribution in [0.4, 0.5) is 0 Å². The van der Waals surface area contributed by atoms with Gasteiger partial charge in [0.2, 0.25) is 6.29 Å². The van der Waals surface area contributed by atoms with Crippen molar-refractivity contribution >= 4 is 0 Å². The van der Waals surface area contributed by atoms with Gasteiger partial charge in [-0.25, -0.2) is 0 Å². The molecule has 0 amide bonds. The maximum atomic E-state index is 5.93. The van der Waals surface area contributed by atoms with Crippen molar-refractivity contribution in [3.63, 3.8) is 0 Å². The second-order valence-electron chi connectivity index (χ2n) is 4.55. The molecule has 0 aromatic heterocycles. The Morgan fingerprint density at radius 1 is 1.00 bits per heavy atom. The summed E-state index contributed by atoms with van der Waals surface area (Å²) in [7, 11) is 1.70. The smallest absolute Gasteiger partial charge is 0.206 e. The zero-order chi connectivity index (χ0) is 12.4. The van der Waals surface area contributed by atoms with E-state index in [4.69, 9.17) is 9.47 Å². The maximum Gasteiger partial charge on any atom is 0.206 e. The van der Waals surface area contributed by atoms with Gasteiger partial charge in [-0.3, -0.25) is 0 Å². The van der Waals surface area contributed by atoms with Crippen LogP contribution in [0.3, 0.4) is 0 Å². The minimum Gasteiger partial charge on any atom is -0.464 e. The van der Waals surface area contributed by atoms with Crippen LogP contribution in [0.5, 0.6) is 5.75 Å². The molecule has 2 aromatic carbocycles. The van der Waals surface area contributed by atoms with E-state index >= 15 is 0 Å². The van der Waals surface area contributed by atoms with E-state index in [1.165, 1.54) is 11.1 Å². The van der Waals surface area contributed by atoms with E-state index in [1.54, 1.807) is 7.11 Å². The average Bonchev–Trinajstić information content (AvgIpc) is 2.46. The number of ether oxygens (including phenoxy) is 2. The van der Waals surface area contributed by atoms with Crippen LogP contribution < -0.4 is 4.74 Å². The van der Waals surface area contributed by atoms with Crippen molar-refractivity contribution in [1.82, 2.24) is 0 Å². The van der Waals surface area contributed by atoms with Crippen LogP contribution in [0.15, 0.2) is 54.6 Å². The molecular formula is C16H16O2. The second-order valence-corrected chi connectivity index (χ2v) is 4.55. The van der Waals surface area contributed by atoms with Crippen molar-refractivity contribution < 1.29 is 9.47 Å². The minimum absolute atomic E-state index is 0.206. The molecule has 2 heteroatoms. The third-order valence-electron chi connectivity index (χ3n) is 3.44. The summed E-state index contributed by atoms with van der Waals surface area (Å²) in [6, 6.07) is 18.6. The van der Waals surface area contributed by atoms with Gasteiger partial charge in [0.1, 0.15) is 5.75 Å². The first-order valence-corrected chi connectivity index (χ1v) is 6.21. The van der Waals surface area contributed by atoms with Crippen molar-refractivity contribution in [2.24, 2.45) is 0 Å². The van der Waals surface area contributed by atoms with Crippen molar-refractivity contribution in [2.75, 3.05) is 7.11 Å². The van der Waals surface area contributed by atoms with Crippen LogP contribution in [0.2, 0.25) is 0 Å². The van der Waals surface area contributed by atoms with Crippen LogP contribution in [0, 0.1) is 0 Å². The fraction of sp³-hybridized carbons (Fsp3) is 0.250. The second kappa shape index (κ2) is 4.83. The first kappa shape index (κ1) is 11.3. The molecule has 0 bridgehead atoms. The van der Waals surface area contributed by atoms with Gasteiger partial charge >= 0.3 is 0 Å². The lowest BCUT2D eigenvalue weighted by Crippen LogP contribution is -2.32. The van der Waals surface area contributed by atoms with Gasteiger partial charge < -0.3 is 9.47 Å². The summed E-state index contributed by atoms with van der Waals surface area (Å²) in [6.45, 7) is 0. The molecule has 0 fully saturated rings. The highest BCUT2D eigenvalue weighted by Gasteiger charge is 2.30. The Balaban J connectivity index is 1.96. The predicted molar refractivity (Wildman–Crippen MR) is 70.8 cm³/mol. The summed E-state index contributed by atoms with van der Waals surface area (Å²) in [5, 5.41) is 0. The summed E-state index contributed by atoms with van der Waals surface area (Å²) in [6.07, 6.45) is 0.751. The Labute approximate surface area is 107 Å². The monoisotopic (exact) mass is 240 g/mol. The fourth-order valence-electron chi connectivity index (χ4n) is 2.52. The zero-order valence-corrected chi connectivity index (χ0v) is 10.4. The minimum atomic E-state index is -0.206. The molecule has 2 aromatic rings. The van der Waals surface area contributed by atoms with E-state index in [-0.39, 0.29) is 12.2 Å². The molecule has 18 heavy (non-hydrogen) atoms. The number of fused-ring (bicyclic) bond motifs is 1. The maximum absolute atomic E-state index is 5.93. The first-order valence-electron chi connectivity index (χ1n) is 6.21. The van der Waals surface area contributed by atoms with Crippen molar-refractivity contribution in [3.05, 3.63) is 65.7 Å². The number of benzene rings is 2. The summed E-state index contributed by atoms with van der Waals surface area (Å²) in [5.74, 6) is 1.20. The van der Waals surface area contributed by atoms with Crippen molar-refractivity contribution in [1.29, 1.82) is 0 Å². The lowest BCUT2D eigenvalue weighted by atomic mass is 9.89. The van der Waals surface area contributed by atoms with Crippen LogP contribution in [-0.4, -0.2) is 13.4 Å². The molecule has 0 spiro atoms. The Morgan fingerprint density at radius 2 is 1.72 bits per heavy atom. The van der Waals surface area contributed by atoms with E-state index in [9.17, 15) is 0 Å². The van der Waals surface area contributed by atoms with Gasteiger partial charge in [-0.15, -0.1) is 0 Å². The number of methoxy groups -OCH3 is 1. The number of hydrogen-bond acceptors (Lipinski definition) is 2. The molecule has 3 rings (SSSR count). The highest BCUT2D eigenvalue weighted by Crippen LogP contribution is 2.36. The third-order valence-corrected chi connectivity index (χ3v) is 3.44. The SMILES string of the molecule is COC1Oc2ccccc2CC1c1ccccc1. The molecule has 1 aliphatic heterocycles. The molecule has 0 saturated carbocycles. The van der Waals surface area contributed by atoms with E-state index in [1.807, 2.05) is 18.2 Å². The topological polar surface area (TPSA) is 18.5 Å². The van der Waals surface area contributed by atoms with Crippen molar-refractivity contribution in [3.8, 4) is 5.75 Å². The predicted octanol–water partition coefficient (Wildman–Crippen LogP) is 3.38. The largest absolute Gasteiger partial charge is 0.464 e. The van der Waals surface area contributed by atoms with Crippen LogP contribution in [-0.2, 0) is 11.2 Å². The number of hydrogen-bond donors (Lipinski definition) is 0. The van der Waals surface area contributed by atoms with Crippen LogP contribution in [0.1, 0.15) is 17.0 Å². The Bertz CT molecular complexity index is 522. The first-order chi connectivity index (χ1) is 8.88. The molecule has 2 nitrogen and oxygen atoms in total. The Hall–Kier alpha value is -1.80. The molecular weight excluding hydrogens is 224 g/mol. The van der Waals surface area contributed by atoms with Crippen LogP contribution in [0.25, 0.3) is 0 Å². The van der Waals surface area contributed by atoms with E-state index in [2.05, 4.69) is 36.4 Å². The Kier molecular flexibility index (Phi) is 3.03. The van der Waals surface area contributed by atoms with Crippen LogP contribution >= 0.6 is 0 Å². The summed E-state index contributed by atoms with van der Waals surface area (Å²) in [4.78, 5) is 0. The highest BCUT2D eigenvalue weighted by atomic mass is 16.7. The van der Waals surface area contributed by atoms with Gasteiger partial charge in [0.25, 0.3) is 0 Å². The lowest BCUT2D eigenvalue weighted by molar-refractivity contribution is -0.0798. The molecule has 1 heterocycles. The number of rotatable bonds is 2. The van der Waals surface area contributed by atoms with Gasteiger partial charge in [0.15, 0.2) is 0 Å². The average molecular weight is 240 g/mol. The normalized spacial score (nSPS) is 22.1. The molecule has 92 valence electrons. The molecule has 1 aliphatic rings. The van der Waals surface area contributed by atoms with Gasteiger partial charge in [-0.1, -0.05) is 48.5 Å². The molecule has 0 aliphatic carbocycles. The molecule has 0 radical (unpaired) electrons. The third kappa shape index (κ3) is 2.00. The molecule has 2 unspecified atom stereocenters. The molecule has 2 atom stereocenters.